The van der Waals surface area contributed by atoms with E-state index >= 15 is 0 Å². The first kappa shape index (κ1) is 16.0. The predicted octanol–water partition coefficient (Wildman–Crippen LogP) is 2.72. The summed E-state index contributed by atoms with van der Waals surface area (Å²) in [6, 6.07) is 0. The van der Waals surface area contributed by atoms with Gasteiger partial charge in [0.15, 0.2) is 0 Å². The Morgan fingerprint density at radius 2 is 2.05 bits per heavy atom. The molecule has 2 rings (SSSR count). The third kappa shape index (κ3) is 4.06. The van der Waals surface area contributed by atoms with E-state index in [1.54, 1.807) is 13.4 Å². The third-order valence-electron chi connectivity index (χ3n) is 4.08. The Kier molecular flexibility index (Phi) is 6.23. The second-order valence-electron chi connectivity index (χ2n) is 5.69. The van der Waals surface area contributed by atoms with Crippen molar-refractivity contribution in [3.63, 3.8) is 0 Å². The molecule has 1 N–H and O–H groups in total. The summed E-state index contributed by atoms with van der Waals surface area (Å²) in [6.07, 6.45) is 6.18. The van der Waals surface area contributed by atoms with Gasteiger partial charge in [0.05, 0.1) is 0 Å². The van der Waals surface area contributed by atoms with Crippen molar-refractivity contribution in [1.82, 2.24) is 9.97 Å². The third-order valence-corrected chi connectivity index (χ3v) is 4.08. The Balaban J connectivity index is 2.13. The van der Waals surface area contributed by atoms with Gasteiger partial charge in [-0.05, 0) is 32.1 Å². The van der Waals surface area contributed by atoms with Crippen molar-refractivity contribution >= 4 is 11.6 Å². The summed E-state index contributed by atoms with van der Waals surface area (Å²) in [5.41, 5.74) is 1.27. The van der Waals surface area contributed by atoms with Crippen LogP contribution in [-0.4, -0.2) is 43.3 Å². The molecule has 0 radical (unpaired) electrons. The van der Waals surface area contributed by atoms with E-state index in [4.69, 9.17) is 4.74 Å². The maximum atomic E-state index is 5.28. The zero-order chi connectivity index (χ0) is 15.1. The Hall–Kier alpha value is -1.36. The summed E-state index contributed by atoms with van der Waals surface area (Å²) in [5.74, 6) is 2.82. The minimum absolute atomic E-state index is 0.691. The molecule has 1 aliphatic rings. The first-order valence-electron chi connectivity index (χ1n) is 8.11. The lowest BCUT2D eigenvalue weighted by Crippen LogP contribution is -2.36. The van der Waals surface area contributed by atoms with E-state index in [1.165, 1.54) is 18.4 Å². The maximum absolute atomic E-state index is 5.28. The van der Waals surface area contributed by atoms with Gasteiger partial charge >= 0.3 is 0 Å². The van der Waals surface area contributed by atoms with Crippen LogP contribution >= 0.6 is 0 Å². The fourth-order valence-corrected chi connectivity index (χ4v) is 3.02. The van der Waals surface area contributed by atoms with Crippen molar-refractivity contribution < 1.29 is 4.74 Å². The zero-order valence-electron chi connectivity index (χ0n) is 13.6. The number of nitrogens with one attached hydrogen (secondary N) is 1. The van der Waals surface area contributed by atoms with E-state index in [-0.39, 0.29) is 0 Å². The van der Waals surface area contributed by atoms with Crippen LogP contribution in [0, 0.1) is 5.92 Å². The standard InChI is InChI=1S/C16H28N4O/c1-4-6-14-15(17-5-2)18-12-19-16(14)20-9-7-13(8-10-20)11-21-3/h12-13H,4-11H2,1-3H3,(H,17,18,19). The quantitative estimate of drug-likeness (QED) is 0.837. The fraction of sp³-hybridized carbons (Fsp3) is 0.750. The summed E-state index contributed by atoms with van der Waals surface area (Å²) in [6.45, 7) is 8.21. The van der Waals surface area contributed by atoms with Crippen LogP contribution in [0.25, 0.3) is 0 Å². The van der Waals surface area contributed by atoms with Gasteiger partial charge in [-0.15, -0.1) is 0 Å². The molecule has 1 aromatic heterocycles. The molecule has 1 aliphatic heterocycles. The number of rotatable bonds is 7. The highest BCUT2D eigenvalue weighted by Crippen LogP contribution is 2.28. The van der Waals surface area contributed by atoms with Crippen LogP contribution in [0.3, 0.4) is 0 Å². The average Bonchev–Trinajstić information content (AvgIpc) is 2.51. The van der Waals surface area contributed by atoms with Gasteiger partial charge in [-0.2, -0.15) is 0 Å². The van der Waals surface area contributed by atoms with Gasteiger partial charge in [-0.25, -0.2) is 9.97 Å². The number of methoxy groups -OCH3 is 1. The van der Waals surface area contributed by atoms with Gasteiger partial charge in [0.25, 0.3) is 0 Å². The molecule has 0 spiro atoms. The van der Waals surface area contributed by atoms with Crippen molar-refractivity contribution in [3.05, 3.63) is 11.9 Å². The van der Waals surface area contributed by atoms with Crippen LogP contribution in [0.15, 0.2) is 6.33 Å². The summed E-state index contributed by atoms with van der Waals surface area (Å²) < 4.78 is 5.28. The summed E-state index contributed by atoms with van der Waals surface area (Å²) in [5, 5.41) is 3.37. The average molecular weight is 292 g/mol. The number of hydrogen-bond acceptors (Lipinski definition) is 5. The largest absolute Gasteiger partial charge is 0.384 e. The van der Waals surface area contributed by atoms with E-state index < -0.39 is 0 Å². The molecule has 2 heterocycles. The van der Waals surface area contributed by atoms with Crippen LogP contribution in [0.1, 0.15) is 38.7 Å². The van der Waals surface area contributed by atoms with E-state index in [0.29, 0.717) is 5.92 Å². The number of piperidine rings is 1. The first-order chi connectivity index (χ1) is 10.3. The van der Waals surface area contributed by atoms with Gasteiger partial charge < -0.3 is 15.0 Å². The highest BCUT2D eigenvalue weighted by Gasteiger charge is 2.23. The molecule has 1 fully saturated rings. The van der Waals surface area contributed by atoms with Crippen molar-refractivity contribution in [2.45, 2.75) is 39.5 Å². The highest BCUT2D eigenvalue weighted by molar-refractivity contribution is 5.59. The van der Waals surface area contributed by atoms with Crippen molar-refractivity contribution in [2.75, 3.05) is 43.6 Å². The smallest absolute Gasteiger partial charge is 0.137 e. The number of aromatic nitrogens is 2. The molecule has 0 saturated carbocycles. The van der Waals surface area contributed by atoms with E-state index in [9.17, 15) is 0 Å². The van der Waals surface area contributed by atoms with E-state index in [0.717, 1.165) is 50.7 Å². The number of anilines is 2. The molecule has 0 aliphatic carbocycles. The number of ether oxygens (including phenoxy) is 1. The summed E-state index contributed by atoms with van der Waals surface area (Å²) in [4.78, 5) is 11.4. The molecule has 0 amide bonds. The monoisotopic (exact) mass is 292 g/mol. The van der Waals surface area contributed by atoms with Crippen molar-refractivity contribution in [2.24, 2.45) is 5.92 Å². The molecule has 1 saturated heterocycles. The van der Waals surface area contributed by atoms with Gasteiger partial charge in [-0.1, -0.05) is 13.3 Å². The van der Waals surface area contributed by atoms with Crippen molar-refractivity contribution in [1.29, 1.82) is 0 Å². The zero-order valence-corrected chi connectivity index (χ0v) is 13.6. The minimum atomic E-state index is 0.691. The molecule has 1 aromatic rings. The maximum Gasteiger partial charge on any atom is 0.137 e. The van der Waals surface area contributed by atoms with Crippen molar-refractivity contribution in [3.8, 4) is 0 Å². The van der Waals surface area contributed by atoms with Crippen LogP contribution < -0.4 is 10.2 Å². The lowest BCUT2D eigenvalue weighted by molar-refractivity contribution is 0.139. The highest BCUT2D eigenvalue weighted by atomic mass is 16.5. The number of nitrogens with zero attached hydrogens (tertiary/aromatic N) is 3. The Morgan fingerprint density at radius 3 is 2.67 bits per heavy atom. The number of hydrogen-bond donors (Lipinski definition) is 1. The molecular formula is C16H28N4O. The van der Waals surface area contributed by atoms with Gasteiger partial charge in [0.1, 0.15) is 18.0 Å². The van der Waals surface area contributed by atoms with Crippen LogP contribution in [0.2, 0.25) is 0 Å². The van der Waals surface area contributed by atoms with E-state index in [2.05, 4.69) is 34.0 Å². The molecule has 0 unspecified atom stereocenters. The van der Waals surface area contributed by atoms with Crippen LogP contribution in [-0.2, 0) is 11.2 Å². The normalized spacial score (nSPS) is 16.2. The Bertz CT molecular complexity index is 430. The fourth-order valence-electron chi connectivity index (χ4n) is 3.02. The topological polar surface area (TPSA) is 50.3 Å². The molecule has 5 nitrogen and oxygen atoms in total. The molecule has 21 heavy (non-hydrogen) atoms. The molecule has 0 atom stereocenters. The molecule has 118 valence electrons. The minimum Gasteiger partial charge on any atom is -0.384 e. The molecule has 5 heteroatoms. The van der Waals surface area contributed by atoms with Gasteiger partial charge in [0.2, 0.25) is 0 Å². The molecular weight excluding hydrogens is 264 g/mol. The SMILES string of the molecule is CCCc1c(NCC)ncnc1N1CCC(COC)CC1. The van der Waals surface area contributed by atoms with E-state index in [1.807, 2.05) is 0 Å². The predicted molar refractivity (Wildman–Crippen MR) is 87.0 cm³/mol. The van der Waals surface area contributed by atoms with Gasteiger partial charge in [0, 0.05) is 38.9 Å². The summed E-state index contributed by atoms with van der Waals surface area (Å²) in [7, 11) is 1.79. The van der Waals surface area contributed by atoms with Crippen LogP contribution in [0.5, 0.6) is 0 Å². The Morgan fingerprint density at radius 1 is 1.29 bits per heavy atom. The Labute approximate surface area is 128 Å². The molecule has 0 bridgehead atoms. The second-order valence-corrected chi connectivity index (χ2v) is 5.69. The lowest BCUT2D eigenvalue weighted by Gasteiger charge is -2.33. The molecule has 0 aromatic carbocycles. The second kappa shape index (κ2) is 8.17. The lowest BCUT2D eigenvalue weighted by atomic mass is 9.97. The van der Waals surface area contributed by atoms with Gasteiger partial charge in [-0.3, -0.25) is 0 Å². The first-order valence-corrected chi connectivity index (χ1v) is 8.11. The van der Waals surface area contributed by atoms with Crippen LogP contribution in [0.4, 0.5) is 11.6 Å². The summed E-state index contributed by atoms with van der Waals surface area (Å²) >= 11 is 0.